The highest BCUT2D eigenvalue weighted by Gasteiger charge is 2.20. The number of aromatic nitrogens is 2. The highest BCUT2D eigenvalue weighted by atomic mass is 16.2. The Balaban J connectivity index is 2.19. The second-order valence-electron chi connectivity index (χ2n) is 6.23. The fraction of sp³-hybridized carbons (Fsp3) is 0.143. The maximum atomic E-state index is 12.9. The SMILES string of the molecule is CCc1nc(-c2ccccc2)c(C(C)=O)n(Nc2ccc(C(N)=O)cc2)c1=O. The molecule has 3 aromatic rings. The molecule has 7 heteroatoms. The van der Waals surface area contributed by atoms with Crippen LogP contribution in [0.3, 0.4) is 0 Å². The maximum Gasteiger partial charge on any atom is 0.291 e. The summed E-state index contributed by atoms with van der Waals surface area (Å²) in [6.07, 6.45) is 0.416. The summed E-state index contributed by atoms with van der Waals surface area (Å²) in [7, 11) is 0. The molecular weight excluding hydrogens is 356 g/mol. The fourth-order valence-electron chi connectivity index (χ4n) is 2.87. The van der Waals surface area contributed by atoms with Crippen molar-refractivity contribution in [1.29, 1.82) is 0 Å². The zero-order chi connectivity index (χ0) is 20.3. The Morgan fingerprint density at radius 3 is 2.25 bits per heavy atom. The van der Waals surface area contributed by atoms with E-state index >= 15 is 0 Å². The normalized spacial score (nSPS) is 10.5. The van der Waals surface area contributed by atoms with Crippen LogP contribution in [-0.4, -0.2) is 21.4 Å². The number of ketones is 1. The number of carbonyl (C=O) groups is 2. The molecule has 1 heterocycles. The Kier molecular flexibility index (Phi) is 5.35. The van der Waals surface area contributed by atoms with E-state index in [9.17, 15) is 14.4 Å². The predicted molar refractivity (Wildman–Crippen MR) is 107 cm³/mol. The van der Waals surface area contributed by atoms with Crippen LogP contribution in [0.25, 0.3) is 11.3 Å². The number of aryl methyl sites for hydroxylation is 1. The number of carbonyl (C=O) groups excluding carboxylic acids is 2. The average Bonchev–Trinajstić information content (AvgIpc) is 2.70. The van der Waals surface area contributed by atoms with Crippen LogP contribution in [0.2, 0.25) is 0 Å². The van der Waals surface area contributed by atoms with Crippen molar-refractivity contribution in [2.45, 2.75) is 20.3 Å². The van der Waals surface area contributed by atoms with Crippen LogP contribution in [0.5, 0.6) is 0 Å². The predicted octanol–water partition coefficient (Wildman–Crippen LogP) is 2.65. The van der Waals surface area contributed by atoms with Crippen molar-refractivity contribution in [1.82, 2.24) is 9.66 Å². The Morgan fingerprint density at radius 2 is 1.71 bits per heavy atom. The molecular formula is C21H20N4O3. The molecule has 3 N–H and O–H groups in total. The Morgan fingerprint density at radius 1 is 1.07 bits per heavy atom. The van der Waals surface area contributed by atoms with Crippen LogP contribution in [0, 0.1) is 0 Å². The largest absolute Gasteiger partial charge is 0.366 e. The van der Waals surface area contributed by atoms with E-state index in [0.717, 1.165) is 5.56 Å². The molecule has 0 radical (unpaired) electrons. The third-order valence-corrected chi connectivity index (χ3v) is 4.27. The molecule has 1 aromatic heterocycles. The summed E-state index contributed by atoms with van der Waals surface area (Å²) in [6, 6.07) is 15.6. The Bertz CT molecular complexity index is 1090. The number of anilines is 1. The first-order valence-corrected chi connectivity index (χ1v) is 8.81. The van der Waals surface area contributed by atoms with Crippen LogP contribution < -0.4 is 16.7 Å². The molecule has 0 aliphatic carbocycles. The molecule has 0 unspecified atom stereocenters. The van der Waals surface area contributed by atoms with Gasteiger partial charge in [0, 0.05) is 18.1 Å². The van der Waals surface area contributed by atoms with Crippen molar-refractivity contribution in [3.8, 4) is 11.3 Å². The summed E-state index contributed by atoms with van der Waals surface area (Å²) in [5, 5.41) is 0. The van der Waals surface area contributed by atoms with Gasteiger partial charge in [0.1, 0.15) is 17.1 Å². The lowest BCUT2D eigenvalue weighted by Crippen LogP contribution is -2.35. The van der Waals surface area contributed by atoms with Crippen LogP contribution in [0.4, 0.5) is 5.69 Å². The summed E-state index contributed by atoms with van der Waals surface area (Å²) in [5.41, 5.74) is 10.4. The van der Waals surface area contributed by atoms with Crippen LogP contribution >= 0.6 is 0 Å². The van der Waals surface area contributed by atoms with Crippen molar-refractivity contribution in [2.24, 2.45) is 5.73 Å². The van der Waals surface area contributed by atoms with Gasteiger partial charge in [-0.2, -0.15) is 0 Å². The number of hydrogen-bond donors (Lipinski definition) is 2. The standard InChI is InChI=1S/C21H20N4O3/c1-3-17-21(28)25(24-16-11-9-15(10-12-16)20(22)27)19(13(2)26)18(23-17)14-7-5-4-6-8-14/h4-12,24H,3H2,1-2H3,(H2,22,27). The number of Topliss-reactive ketones (excluding diaryl/α,β-unsaturated/α-hetero) is 1. The molecule has 2 aromatic carbocycles. The highest BCUT2D eigenvalue weighted by molar-refractivity contribution is 5.98. The van der Waals surface area contributed by atoms with E-state index in [4.69, 9.17) is 5.73 Å². The molecule has 7 nitrogen and oxygen atoms in total. The van der Waals surface area contributed by atoms with Crippen molar-refractivity contribution in [2.75, 3.05) is 5.43 Å². The minimum absolute atomic E-state index is 0.160. The molecule has 0 saturated heterocycles. The van der Waals surface area contributed by atoms with Gasteiger partial charge in [0.15, 0.2) is 5.78 Å². The van der Waals surface area contributed by atoms with E-state index in [1.54, 1.807) is 24.3 Å². The average molecular weight is 376 g/mol. The van der Waals surface area contributed by atoms with Crippen LogP contribution in [-0.2, 0) is 6.42 Å². The van der Waals surface area contributed by atoms with Gasteiger partial charge in [-0.15, -0.1) is 0 Å². The lowest BCUT2D eigenvalue weighted by atomic mass is 10.1. The zero-order valence-corrected chi connectivity index (χ0v) is 15.6. The minimum atomic E-state index is -0.545. The molecule has 0 aliphatic heterocycles. The third-order valence-electron chi connectivity index (χ3n) is 4.27. The van der Waals surface area contributed by atoms with Gasteiger partial charge in [-0.25, -0.2) is 9.66 Å². The van der Waals surface area contributed by atoms with Gasteiger partial charge in [-0.3, -0.25) is 19.8 Å². The smallest absolute Gasteiger partial charge is 0.291 e. The van der Waals surface area contributed by atoms with Gasteiger partial charge in [-0.1, -0.05) is 37.3 Å². The van der Waals surface area contributed by atoms with Gasteiger partial charge in [-0.05, 0) is 30.7 Å². The molecule has 0 bridgehead atoms. The molecule has 0 saturated carbocycles. The van der Waals surface area contributed by atoms with E-state index in [1.807, 2.05) is 37.3 Å². The highest BCUT2D eigenvalue weighted by Crippen LogP contribution is 2.22. The van der Waals surface area contributed by atoms with Crippen molar-refractivity contribution < 1.29 is 9.59 Å². The molecule has 0 spiro atoms. The lowest BCUT2D eigenvalue weighted by molar-refractivity contribution is 0.0994. The van der Waals surface area contributed by atoms with E-state index in [2.05, 4.69) is 10.4 Å². The zero-order valence-electron chi connectivity index (χ0n) is 15.6. The molecule has 28 heavy (non-hydrogen) atoms. The molecule has 0 fully saturated rings. The number of amides is 1. The van der Waals surface area contributed by atoms with Crippen LogP contribution in [0.1, 0.15) is 40.4 Å². The molecule has 0 atom stereocenters. The Labute approximate surface area is 161 Å². The van der Waals surface area contributed by atoms with Crippen LogP contribution in [0.15, 0.2) is 59.4 Å². The first kappa shape index (κ1) is 19.0. The van der Waals surface area contributed by atoms with E-state index in [-0.39, 0.29) is 11.5 Å². The summed E-state index contributed by atoms with van der Waals surface area (Å²) in [4.78, 5) is 41.1. The fourth-order valence-corrected chi connectivity index (χ4v) is 2.87. The quantitative estimate of drug-likeness (QED) is 0.643. The van der Waals surface area contributed by atoms with Crippen molar-refractivity contribution >= 4 is 17.4 Å². The van der Waals surface area contributed by atoms with Gasteiger partial charge in [0.2, 0.25) is 5.91 Å². The number of nitrogens with two attached hydrogens (primary N) is 1. The van der Waals surface area contributed by atoms with E-state index in [0.29, 0.717) is 29.1 Å². The van der Waals surface area contributed by atoms with Crippen molar-refractivity contribution in [3.05, 3.63) is 81.9 Å². The second kappa shape index (κ2) is 7.87. The number of nitrogens with one attached hydrogen (secondary N) is 1. The van der Waals surface area contributed by atoms with Gasteiger partial charge in [0.05, 0.1) is 5.69 Å². The first-order valence-electron chi connectivity index (χ1n) is 8.81. The first-order chi connectivity index (χ1) is 13.4. The number of primary amides is 1. The van der Waals surface area contributed by atoms with E-state index in [1.165, 1.54) is 11.6 Å². The Hall–Kier alpha value is -3.74. The molecule has 1 amide bonds. The summed E-state index contributed by atoms with van der Waals surface area (Å²) >= 11 is 0. The summed E-state index contributed by atoms with van der Waals surface area (Å²) < 4.78 is 1.22. The molecule has 0 aliphatic rings. The number of hydrogen-bond acceptors (Lipinski definition) is 5. The van der Waals surface area contributed by atoms with E-state index < -0.39 is 11.5 Å². The minimum Gasteiger partial charge on any atom is -0.366 e. The number of rotatable bonds is 6. The monoisotopic (exact) mass is 376 g/mol. The maximum absolute atomic E-state index is 12.9. The van der Waals surface area contributed by atoms with Gasteiger partial charge < -0.3 is 5.73 Å². The number of benzene rings is 2. The van der Waals surface area contributed by atoms with Crippen molar-refractivity contribution in [3.63, 3.8) is 0 Å². The topological polar surface area (TPSA) is 107 Å². The lowest BCUT2D eigenvalue weighted by Gasteiger charge is -2.18. The molecule has 142 valence electrons. The summed E-state index contributed by atoms with van der Waals surface area (Å²) in [6.45, 7) is 3.22. The van der Waals surface area contributed by atoms with Gasteiger partial charge >= 0.3 is 0 Å². The number of nitrogens with zero attached hydrogens (tertiary/aromatic N) is 2. The second-order valence-corrected chi connectivity index (χ2v) is 6.23. The van der Waals surface area contributed by atoms with Gasteiger partial charge in [0.25, 0.3) is 5.56 Å². The third kappa shape index (κ3) is 3.68. The summed E-state index contributed by atoms with van der Waals surface area (Å²) in [5.74, 6) is -0.843. The molecule has 3 rings (SSSR count).